The number of hydrogen-bond acceptors (Lipinski definition) is 5. The van der Waals surface area contributed by atoms with E-state index in [1.807, 2.05) is 25.1 Å². The highest BCUT2D eigenvalue weighted by atomic mass is 32.1. The van der Waals surface area contributed by atoms with E-state index >= 15 is 0 Å². The molecule has 21 heavy (non-hydrogen) atoms. The third kappa shape index (κ3) is 5.74. The van der Waals surface area contributed by atoms with Crippen LogP contribution in [0.25, 0.3) is 0 Å². The summed E-state index contributed by atoms with van der Waals surface area (Å²) in [7, 11) is 0. The summed E-state index contributed by atoms with van der Waals surface area (Å²) in [6.45, 7) is 7.24. The Balaban J connectivity index is 1.67. The van der Waals surface area contributed by atoms with Gasteiger partial charge in [0.1, 0.15) is 0 Å². The molecule has 0 spiro atoms. The number of aromatic nitrogens is 1. The number of rotatable bonds is 5. The second-order valence-electron chi connectivity index (χ2n) is 4.73. The summed E-state index contributed by atoms with van der Waals surface area (Å²) >= 11 is 5.20. The molecule has 2 N–H and O–H groups in total. The van der Waals surface area contributed by atoms with Crippen molar-refractivity contribution in [2.75, 3.05) is 39.4 Å². The van der Waals surface area contributed by atoms with E-state index in [9.17, 15) is 0 Å². The molecular weight excluding hydrogens is 286 g/mol. The molecule has 6 nitrogen and oxygen atoms in total. The number of ether oxygens (including phenoxy) is 1. The smallest absolute Gasteiger partial charge is 0.187 e. The van der Waals surface area contributed by atoms with Crippen molar-refractivity contribution in [1.82, 2.24) is 20.6 Å². The highest BCUT2D eigenvalue weighted by molar-refractivity contribution is 7.80. The first-order valence-corrected chi connectivity index (χ1v) is 7.46. The lowest BCUT2D eigenvalue weighted by atomic mass is 10.3. The van der Waals surface area contributed by atoms with Crippen LogP contribution in [0.2, 0.25) is 0 Å². The molecule has 114 valence electrons. The first kappa shape index (κ1) is 15.8. The van der Waals surface area contributed by atoms with Crippen LogP contribution in [0, 0.1) is 0 Å². The standard InChI is InChI=1S/C14H21N5OS/c1-12(13-4-2-3-5-15-13)17-18-14(21)16-6-7-19-8-10-20-11-9-19/h2-5H,6-11H2,1H3,(H2,16,18,21)/b17-12-. The van der Waals surface area contributed by atoms with Crippen LogP contribution in [0.1, 0.15) is 12.6 Å². The lowest BCUT2D eigenvalue weighted by molar-refractivity contribution is 0.0389. The third-order valence-electron chi connectivity index (χ3n) is 3.18. The zero-order valence-corrected chi connectivity index (χ0v) is 13.0. The summed E-state index contributed by atoms with van der Waals surface area (Å²) in [6.07, 6.45) is 1.74. The Morgan fingerprint density at radius 3 is 2.95 bits per heavy atom. The number of pyridine rings is 1. The predicted molar refractivity (Wildman–Crippen MR) is 87.4 cm³/mol. The van der Waals surface area contributed by atoms with E-state index in [0.29, 0.717) is 5.11 Å². The molecule has 0 aromatic carbocycles. The van der Waals surface area contributed by atoms with E-state index < -0.39 is 0 Å². The molecule has 1 fully saturated rings. The van der Waals surface area contributed by atoms with Crippen molar-refractivity contribution in [3.05, 3.63) is 30.1 Å². The quantitative estimate of drug-likeness (QED) is 0.472. The number of nitrogens with zero attached hydrogens (tertiary/aromatic N) is 3. The maximum Gasteiger partial charge on any atom is 0.187 e. The largest absolute Gasteiger partial charge is 0.379 e. The maximum absolute atomic E-state index is 5.31. The Morgan fingerprint density at radius 2 is 2.24 bits per heavy atom. The summed E-state index contributed by atoms with van der Waals surface area (Å²) in [4.78, 5) is 6.58. The SMILES string of the molecule is C/C(=N/NC(=S)NCCN1CCOCC1)c1ccccn1. The predicted octanol–water partition coefficient (Wildman–Crippen LogP) is 0.602. The fourth-order valence-electron chi connectivity index (χ4n) is 1.96. The lowest BCUT2D eigenvalue weighted by Crippen LogP contribution is -2.42. The van der Waals surface area contributed by atoms with Gasteiger partial charge < -0.3 is 10.1 Å². The Hall–Kier alpha value is -1.57. The van der Waals surface area contributed by atoms with Gasteiger partial charge in [-0.15, -0.1) is 0 Å². The first-order valence-electron chi connectivity index (χ1n) is 7.05. The Bertz CT molecular complexity index is 474. The fraction of sp³-hybridized carbons (Fsp3) is 0.500. The average Bonchev–Trinajstić information content (AvgIpc) is 2.54. The minimum absolute atomic E-state index is 0.526. The van der Waals surface area contributed by atoms with Gasteiger partial charge >= 0.3 is 0 Å². The summed E-state index contributed by atoms with van der Waals surface area (Å²) in [5, 5.41) is 7.90. The number of thiocarbonyl (C=S) groups is 1. The molecule has 0 aliphatic carbocycles. The van der Waals surface area contributed by atoms with Crippen LogP contribution in [-0.4, -0.2) is 60.1 Å². The molecule has 0 atom stereocenters. The number of morpholine rings is 1. The molecule has 1 aromatic rings. The van der Waals surface area contributed by atoms with Crippen LogP contribution in [0.4, 0.5) is 0 Å². The monoisotopic (exact) mass is 307 g/mol. The van der Waals surface area contributed by atoms with Gasteiger partial charge in [0, 0.05) is 32.4 Å². The van der Waals surface area contributed by atoms with Crippen LogP contribution in [0.5, 0.6) is 0 Å². The molecule has 0 bridgehead atoms. The zero-order chi connectivity index (χ0) is 14.9. The number of hydrazone groups is 1. The van der Waals surface area contributed by atoms with Crippen molar-refractivity contribution in [2.45, 2.75) is 6.92 Å². The molecule has 1 aromatic heterocycles. The van der Waals surface area contributed by atoms with Crippen LogP contribution in [-0.2, 0) is 4.74 Å². The van der Waals surface area contributed by atoms with Gasteiger partial charge in [0.25, 0.3) is 0 Å². The highest BCUT2D eigenvalue weighted by Gasteiger charge is 2.09. The van der Waals surface area contributed by atoms with E-state index in [1.54, 1.807) is 6.20 Å². The van der Waals surface area contributed by atoms with E-state index in [-0.39, 0.29) is 0 Å². The third-order valence-corrected chi connectivity index (χ3v) is 3.41. The normalized spacial score (nSPS) is 16.5. The van der Waals surface area contributed by atoms with Crippen molar-refractivity contribution in [1.29, 1.82) is 0 Å². The van der Waals surface area contributed by atoms with Gasteiger partial charge in [-0.1, -0.05) is 6.07 Å². The van der Waals surface area contributed by atoms with Gasteiger partial charge in [-0.25, -0.2) is 0 Å². The molecule has 0 unspecified atom stereocenters. The molecule has 0 amide bonds. The first-order chi connectivity index (χ1) is 10.3. The summed E-state index contributed by atoms with van der Waals surface area (Å²) in [6, 6.07) is 5.72. The van der Waals surface area contributed by atoms with Gasteiger partial charge in [-0.3, -0.25) is 15.3 Å². The maximum atomic E-state index is 5.31. The minimum atomic E-state index is 0.526. The molecule has 0 saturated carbocycles. The topological polar surface area (TPSA) is 61.8 Å². The Labute approximate surface area is 130 Å². The van der Waals surface area contributed by atoms with E-state index in [1.165, 1.54) is 0 Å². The van der Waals surface area contributed by atoms with Crippen molar-refractivity contribution in [3.8, 4) is 0 Å². The summed E-state index contributed by atoms with van der Waals surface area (Å²) in [5.41, 5.74) is 4.48. The Kier molecular flexibility index (Phi) is 6.52. The van der Waals surface area contributed by atoms with Gasteiger partial charge in [-0.05, 0) is 31.3 Å². The van der Waals surface area contributed by atoms with Crippen LogP contribution in [0.15, 0.2) is 29.5 Å². The average molecular weight is 307 g/mol. The van der Waals surface area contributed by atoms with Gasteiger partial charge in [0.05, 0.1) is 24.6 Å². The highest BCUT2D eigenvalue weighted by Crippen LogP contribution is 1.96. The summed E-state index contributed by atoms with van der Waals surface area (Å²) in [5.74, 6) is 0. The molecule has 2 heterocycles. The van der Waals surface area contributed by atoms with Crippen molar-refractivity contribution < 1.29 is 4.74 Å². The van der Waals surface area contributed by atoms with Gasteiger partial charge in [0.15, 0.2) is 5.11 Å². The second-order valence-corrected chi connectivity index (χ2v) is 5.14. The van der Waals surface area contributed by atoms with E-state index in [0.717, 1.165) is 50.8 Å². The van der Waals surface area contributed by atoms with Crippen molar-refractivity contribution in [3.63, 3.8) is 0 Å². The van der Waals surface area contributed by atoms with Gasteiger partial charge in [-0.2, -0.15) is 5.10 Å². The summed E-state index contributed by atoms with van der Waals surface area (Å²) < 4.78 is 5.31. The molecule has 0 radical (unpaired) electrons. The number of hydrogen-bond donors (Lipinski definition) is 2. The molecule has 1 aliphatic rings. The van der Waals surface area contributed by atoms with Crippen LogP contribution >= 0.6 is 12.2 Å². The van der Waals surface area contributed by atoms with Crippen molar-refractivity contribution >= 4 is 23.0 Å². The molecule has 7 heteroatoms. The molecule has 2 rings (SSSR count). The molecule has 1 saturated heterocycles. The molecular formula is C14H21N5OS. The van der Waals surface area contributed by atoms with Crippen molar-refractivity contribution in [2.24, 2.45) is 5.10 Å². The molecule has 1 aliphatic heterocycles. The van der Waals surface area contributed by atoms with Crippen LogP contribution in [0.3, 0.4) is 0 Å². The fourth-order valence-corrected chi connectivity index (χ4v) is 2.11. The zero-order valence-electron chi connectivity index (χ0n) is 12.2. The second kappa shape index (κ2) is 8.66. The van der Waals surface area contributed by atoms with E-state index in [4.69, 9.17) is 17.0 Å². The lowest BCUT2D eigenvalue weighted by Gasteiger charge is -2.26. The minimum Gasteiger partial charge on any atom is -0.379 e. The van der Waals surface area contributed by atoms with Crippen LogP contribution < -0.4 is 10.7 Å². The van der Waals surface area contributed by atoms with Gasteiger partial charge in [0.2, 0.25) is 0 Å². The van der Waals surface area contributed by atoms with E-state index in [2.05, 4.69) is 25.7 Å². The number of nitrogens with one attached hydrogen (secondary N) is 2. The Morgan fingerprint density at radius 1 is 1.43 bits per heavy atom.